The number of hydrogen-bond acceptors (Lipinski definition) is 6. The molecule has 0 aromatic carbocycles. The van der Waals surface area contributed by atoms with Crippen LogP contribution in [0.4, 0.5) is 5.82 Å². The Bertz CT molecular complexity index is 917. The van der Waals surface area contributed by atoms with Gasteiger partial charge in [0.15, 0.2) is 5.82 Å². The summed E-state index contributed by atoms with van der Waals surface area (Å²) in [5.74, 6) is 1.41. The van der Waals surface area contributed by atoms with Crippen LogP contribution >= 0.6 is 0 Å². The summed E-state index contributed by atoms with van der Waals surface area (Å²) in [5, 5.41) is 13.5. The molecule has 27 heavy (non-hydrogen) atoms. The zero-order valence-electron chi connectivity index (χ0n) is 15.9. The molecule has 2 aromatic rings. The summed E-state index contributed by atoms with van der Waals surface area (Å²) < 4.78 is 1.68. The first-order valence-corrected chi connectivity index (χ1v) is 10.0. The van der Waals surface area contributed by atoms with Gasteiger partial charge in [-0.25, -0.2) is 4.68 Å². The van der Waals surface area contributed by atoms with Crippen molar-refractivity contribution in [1.29, 1.82) is 0 Å². The van der Waals surface area contributed by atoms with Crippen molar-refractivity contribution in [2.75, 3.05) is 31.6 Å². The summed E-state index contributed by atoms with van der Waals surface area (Å²) in [4.78, 5) is 16.9. The lowest BCUT2D eigenvalue weighted by Gasteiger charge is -2.40. The third kappa shape index (κ3) is 3.25. The normalized spacial score (nSPS) is 20.1. The van der Waals surface area contributed by atoms with Crippen LogP contribution in [-0.4, -0.2) is 51.6 Å². The molecule has 142 valence electrons. The fraction of sp³-hybridized carbons (Fsp3) is 0.600. The van der Waals surface area contributed by atoms with E-state index in [1.165, 1.54) is 18.4 Å². The van der Waals surface area contributed by atoms with Crippen LogP contribution < -0.4 is 10.5 Å². The van der Waals surface area contributed by atoms with Gasteiger partial charge in [-0.2, -0.15) is 10.2 Å². The molecule has 1 aliphatic carbocycles. The molecule has 7 nitrogen and oxygen atoms in total. The van der Waals surface area contributed by atoms with E-state index in [0.29, 0.717) is 12.5 Å². The van der Waals surface area contributed by atoms with E-state index in [9.17, 15) is 4.79 Å². The number of aromatic nitrogens is 4. The molecule has 1 saturated heterocycles. The highest BCUT2D eigenvalue weighted by Gasteiger charge is 2.30. The number of aryl methyl sites for hydroxylation is 2. The molecule has 0 saturated carbocycles. The Kier molecular flexibility index (Phi) is 4.19. The van der Waals surface area contributed by atoms with Crippen molar-refractivity contribution in [3.05, 3.63) is 45.0 Å². The van der Waals surface area contributed by atoms with E-state index < -0.39 is 0 Å². The van der Waals surface area contributed by atoms with Crippen LogP contribution in [0.1, 0.15) is 35.4 Å². The van der Waals surface area contributed by atoms with E-state index in [4.69, 9.17) is 0 Å². The molecule has 3 aliphatic rings. The summed E-state index contributed by atoms with van der Waals surface area (Å²) in [6.45, 7) is 4.52. The molecule has 0 unspecified atom stereocenters. The van der Waals surface area contributed by atoms with E-state index in [0.717, 1.165) is 68.2 Å². The third-order valence-electron chi connectivity index (χ3n) is 6.10. The highest BCUT2D eigenvalue weighted by Crippen LogP contribution is 2.26. The minimum Gasteiger partial charge on any atom is -0.354 e. The van der Waals surface area contributed by atoms with Gasteiger partial charge in [0.05, 0.1) is 17.9 Å². The number of nitrogens with zero attached hydrogens (tertiary/aromatic N) is 6. The van der Waals surface area contributed by atoms with Crippen LogP contribution in [0.3, 0.4) is 0 Å². The first-order valence-electron chi connectivity index (χ1n) is 10.0. The molecular weight excluding hydrogens is 340 g/mol. The molecule has 0 amide bonds. The van der Waals surface area contributed by atoms with E-state index in [1.54, 1.807) is 4.68 Å². The summed E-state index contributed by atoms with van der Waals surface area (Å²) in [6.07, 6.45) is 5.34. The minimum absolute atomic E-state index is 0.0470. The average molecular weight is 366 g/mol. The molecule has 0 bridgehead atoms. The van der Waals surface area contributed by atoms with Crippen LogP contribution in [0.2, 0.25) is 0 Å². The zero-order chi connectivity index (χ0) is 18.4. The molecule has 0 N–H and O–H groups in total. The fourth-order valence-electron chi connectivity index (χ4n) is 4.46. The number of fused-ring (bicyclic) bond motifs is 2. The van der Waals surface area contributed by atoms with Crippen LogP contribution in [-0.2, 0) is 32.4 Å². The predicted molar refractivity (Wildman–Crippen MR) is 103 cm³/mol. The van der Waals surface area contributed by atoms with Crippen LogP contribution in [0.15, 0.2) is 16.9 Å². The first kappa shape index (κ1) is 16.9. The molecule has 4 heterocycles. The van der Waals surface area contributed by atoms with Gasteiger partial charge in [0.1, 0.15) is 0 Å². The van der Waals surface area contributed by atoms with Crippen molar-refractivity contribution in [2.24, 2.45) is 5.92 Å². The first-order chi connectivity index (χ1) is 13.2. The standard InChI is InChI=1S/C20H26N6O/c1-24-7-6-17-16(13-24)8-19(22-21-17)25-10-14(11-25)12-26-20(27)9-15-4-2-3-5-18(15)23-26/h8-9,14H,2-7,10-13H2,1H3. The van der Waals surface area contributed by atoms with E-state index in [2.05, 4.69) is 38.2 Å². The largest absolute Gasteiger partial charge is 0.354 e. The molecule has 0 atom stereocenters. The average Bonchev–Trinajstić information content (AvgIpc) is 2.64. The maximum absolute atomic E-state index is 12.4. The van der Waals surface area contributed by atoms with Crippen molar-refractivity contribution in [3.8, 4) is 0 Å². The second-order valence-corrected chi connectivity index (χ2v) is 8.28. The number of rotatable bonds is 3. The maximum Gasteiger partial charge on any atom is 0.267 e. The lowest BCUT2D eigenvalue weighted by atomic mass is 9.96. The van der Waals surface area contributed by atoms with Crippen molar-refractivity contribution >= 4 is 5.82 Å². The lowest BCUT2D eigenvalue weighted by Crippen LogP contribution is -2.50. The Hall–Kier alpha value is -2.28. The minimum atomic E-state index is 0.0470. The van der Waals surface area contributed by atoms with Gasteiger partial charge in [-0.05, 0) is 49.9 Å². The summed E-state index contributed by atoms with van der Waals surface area (Å²) >= 11 is 0. The van der Waals surface area contributed by atoms with Crippen molar-refractivity contribution in [2.45, 2.75) is 45.2 Å². The van der Waals surface area contributed by atoms with Crippen molar-refractivity contribution in [3.63, 3.8) is 0 Å². The quantitative estimate of drug-likeness (QED) is 0.809. The summed E-state index contributed by atoms with van der Waals surface area (Å²) in [7, 11) is 2.14. The predicted octanol–water partition coefficient (Wildman–Crippen LogP) is 1.04. The van der Waals surface area contributed by atoms with Crippen LogP contribution in [0, 0.1) is 5.92 Å². The molecule has 2 aromatic heterocycles. The SMILES string of the molecule is CN1CCc2nnc(N3CC(Cn4nc5c(cc4=O)CCCC5)C3)cc2C1. The van der Waals surface area contributed by atoms with Gasteiger partial charge in [0.25, 0.3) is 5.56 Å². The van der Waals surface area contributed by atoms with E-state index >= 15 is 0 Å². The van der Waals surface area contributed by atoms with Crippen molar-refractivity contribution in [1.82, 2.24) is 24.9 Å². The number of likely N-dealkylation sites (N-methyl/N-ethyl adjacent to an activating group) is 1. The van der Waals surface area contributed by atoms with E-state index in [1.807, 2.05) is 6.07 Å². The second kappa shape index (κ2) is 6.71. The zero-order valence-corrected chi connectivity index (χ0v) is 15.9. The highest BCUT2D eigenvalue weighted by molar-refractivity contribution is 5.44. The van der Waals surface area contributed by atoms with Gasteiger partial charge in [0, 0.05) is 44.6 Å². The van der Waals surface area contributed by atoms with Crippen molar-refractivity contribution < 1.29 is 0 Å². The Labute approximate surface area is 159 Å². The van der Waals surface area contributed by atoms with Gasteiger partial charge >= 0.3 is 0 Å². The Morgan fingerprint density at radius 3 is 2.78 bits per heavy atom. The Morgan fingerprint density at radius 2 is 1.89 bits per heavy atom. The van der Waals surface area contributed by atoms with Gasteiger partial charge in [-0.1, -0.05) is 0 Å². The molecule has 7 heteroatoms. The summed E-state index contributed by atoms with van der Waals surface area (Å²) in [6, 6.07) is 4.00. The smallest absolute Gasteiger partial charge is 0.267 e. The Morgan fingerprint density at radius 1 is 1.04 bits per heavy atom. The molecular formula is C20H26N6O. The molecule has 5 rings (SSSR count). The summed E-state index contributed by atoms with van der Waals surface area (Å²) in [5.41, 5.74) is 4.77. The number of anilines is 1. The molecule has 0 radical (unpaired) electrons. The van der Waals surface area contributed by atoms with Gasteiger partial charge in [-0.15, -0.1) is 5.10 Å². The third-order valence-corrected chi connectivity index (χ3v) is 6.10. The Balaban J connectivity index is 1.25. The second-order valence-electron chi connectivity index (χ2n) is 8.28. The van der Waals surface area contributed by atoms with Crippen LogP contribution in [0.5, 0.6) is 0 Å². The molecule has 0 spiro atoms. The molecule has 2 aliphatic heterocycles. The van der Waals surface area contributed by atoms with Gasteiger partial charge < -0.3 is 9.80 Å². The number of hydrogen-bond donors (Lipinski definition) is 0. The molecule has 1 fully saturated rings. The van der Waals surface area contributed by atoms with Gasteiger partial charge in [-0.3, -0.25) is 4.79 Å². The fourth-order valence-corrected chi connectivity index (χ4v) is 4.46. The van der Waals surface area contributed by atoms with Crippen LogP contribution in [0.25, 0.3) is 0 Å². The lowest BCUT2D eigenvalue weighted by molar-refractivity contribution is 0.307. The maximum atomic E-state index is 12.4. The monoisotopic (exact) mass is 366 g/mol. The van der Waals surface area contributed by atoms with Gasteiger partial charge in [0.2, 0.25) is 0 Å². The highest BCUT2D eigenvalue weighted by atomic mass is 16.1. The van der Waals surface area contributed by atoms with E-state index in [-0.39, 0.29) is 5.56 Å². The topological polar surface area (TPSA) is 67.2 Å².